The van der Waals surface area contributed by atoms with Gasteiger partial charge in [0.2, 0.25) is 0 Å². The Hall–Kier alpha value is -4.37. The summed E-state index contributed by atoms with van der Waals surface area (Å²) >= 11 is 0. The van der Waals surface area contributed by atoms with Crippen LogP contribution >= 0.6 is 12.4 Å². The van der Waals surface area contributed by atoms with E-state index in [-0.39, 0.29) is 51.7 Å². The van der Waals surface area contributed by atoms with Crippen molar-refractivity contribution in [2.45, 2.75) is 0 Å². The third-order valence-corrected chi connectivity index (χ3v) is 6.50. The van der Waals surface area contributed by atoms with Crippen molar-refractivity contribution in [1.82, 2.24) is 9.55 Å². The van der Waals surface area contributed by atoms with Gasteiger partial charge in [0.05, 0.1) is 16.6 Å². The van der Waals surface area contributed by atoms with E-state index >= 15 is 0 Å². The number of halogens is 1. The predicted molar refractivity (Wildman–Crippen MR) is 142 cm³/mol. The highest BCUT2D eigenvalue weighted by Gasteiger charge is 2.33. The number of rotatable bonds is 3. The lowest BCUT2D eigenvalue weighted by Crippen LogP contribution is -2.31. The van der Waals surface area contributed by atoms with Gasteiger partial charge in [-0.2, -0.15) is 0 Å². The summed E-state index contributed by atoms with van der Waals surface area (Å²) in [6.45, 7) is 0. The van der Waals surface area contributed by atoms with Gasteiger partial charge in [-0.3, -0.25) is 19.0 Å². The Morgan fingerprint density at radius 3 is 2.03 bits per heavy atom. The lowest BCUT2D eigenvalue weighted by molar-refractivity contribution is 0.0945. The molecule has 1 aliphatic rings. The molecular weight excluding hydrogens is 491 g/mol. The first-order valence-corrected chi connectivity index (χ1v) is 11.2. The Balaban J connectivity index is 0.00000280. The van der Waals surface area contributed by atoms with Crippen LogP contribution in [0.15, 0.2) is 91.3 Å². The van der Waals surface area contributed by atoms with Crippen molar-refractivity contribution in [2.24, 2.45) is 0 Å². The number of benzene rings is 4. The van der Waals surface area contributed by atoms with E-state index in [4.69, 9.17) is 0 Å². The fourth-order valence-corrected chi connectivity index (χ4v) is 4.86. The van der Waals surface area contributed by atoms with E-state index in [2.05, 4.69) is 4.98 Å². The second kappa shape index (κ2) is 9.26. The monoisotopic (exact) mass is 508 g/mol. The molecule has 5 aromatic rings. The molecule has 6 rings (SSSR count). The molecule has 180 valence electrons. The summed E-state index contributed by atoms with van der Waals surface area (Å²) in [7, 11) is -1.71. The number of aromatic nitrogens is 2. The molecule has 9 heteroatoms. The van der Waals surface area contributed by atoms with Crippen LogP contribution in [-0.4, -0.2) is 44.2 Å². The Labute approximate surface area is 217 Å². The first kappa shape index (κ1) is 24.3. The Morgan fingerprint density at radius 2 is 1.30 bits per heavy atom. The van der Waals surface area contributed by atoms with Crippen molar-refractivity contribution >= 4 is 53.5 Å². The van der Waals surface area contributed by atoms with Crippen molar-refractivity contribution in [3.8, 4) is 11.1 Å². The maximum absolute atomic E-state index is 13.9. The van der Waals surface area contributed by atoms with E-state index in [1.165, 1.54) is 17.0 Å². The summed E-state index contributed by atoms with van der Waals surface area (Å²) < 4.78 is 1.33. The molecule has 0 aliphatic heterocycles. The first-order chi connectivity index (χ1) is 17.5. The van der Waals surface area contributed by atoms with Crippen molar-refractivity contribution in [2.75, 3.05) is 0 Å². The molecule has 0 fully saturated rings. The molecule has 1 aliphatic carbocycles. The molecule has 0 unspecified atom stereocenters. The number of ketones is 2. The van der Waals surface area contributed by atoms with Crippen molar-refractivity contribution < 1.29 is 24.4 Å². The van der Waals surface area contributed by atoms with Gasteiger partial charge < -0.3 is 10.0 Å². The van der Waals surface area contributed by atoms with Crippen LogP contribution in [0.4, 0.5) is 0 Å². The average Bonchev–Trinajstić information content (AvgIpc) is 3.35. The van der Waals surface area contributed by atoms with Gasteiger partial charge in [-0.1, -0.05) is 72.8 Å². The van der Waals surface area contributed by atoms with Gasteiger partial charge in [-0.25, -0.2) is 4.98 Å². The molecule has 0 bridgehead atoms. The fourth-order valence-electron chi connectivity index (χ4n) is 4.86. The zero-order chi connectivity index (χ0) is 25.0. The molecule has 0 atom stereocenters. The smallest absolute Gasteiger partial charge is 0.423 e. The molecule has 1 aromatic heterocycles. The topological polar surface area (TPSA) is 109 Å². The minimum Gasteiger partial charge on any atom is -0.423 e. The van der Waals surface area contributed by atoms with Crippen LogP contribution in [0.25, 0.3) is 22.2 Å². The lowest BCUT2D eigenvalue weighted by atomic mass is 9.75. The molecule has 0 amide bonds. The van der Waals surface area contributed by atoms with Crippen LogP contribution in [-0.2, 0) is 0 Å². The van der Waals surface area contributed by atoms with Gasteiger partial charge in [0.15, 0.2) is 11.6 Å². The van der Waals surface area contributed by atoms with Crippen LogP contribution in [0, 0.1) is 0 Å². The van der Waals surface area contributed by atoms with E-state index in [1.807, 2.05) is 0 Å². The third-order valence-electron chi connectivity index (χ3n) is 6.50. The molecule has 0 saturated heterocycles. The van der Waals surface area contributed by atoms with Crippen LogP contribution in [0.3, 0.4) is 0 Å². The molecular formula is C28H18BClN2O5. The fraction of sp³-hybridized carbons (Fsp3) is 0. The number of hydrogen-bond donors (Lipinski definition) is 2. The summed E-state index contributed by atoms with van der Waals surface area (Å²) in [5.41, 5.74) is 3.25. The highest BCUT2D eigenvalue weighted by molar-refractivity contribution is 6.60. The molecule has 37 heavy (non-hydrogen) atoms. The average molecular weight is 509 g/mol. The molecule has 2 N–H and O–H groups in total. The minimum atomic E-state index is -1.71. The summed E-state index contributed by atoms with van der Waals surface area (Å²) in [5.74, 6) is -1.22. The Bertz CT molecular complexity index is 1740. The SMILES string of the molecule is Cl.O=C1c2ccccc2C(=O)c2c1cccc2C(=O)n1cnc2cccc(-c3ccccc3B(O)O)c21. The van der Waals surface area contributed by atoms with Gasteiger partial charge in [0.1, 0.15) is 6.33 Å². The summed E-state index contributed by atoms with van der Waals surface area (Å²) in [4.78, 5) is 44.9. The molecule has 0 spiro atoms. The molecule has 7 nitrogen and oxygen atoms in total. The number of para-hydroxylation sites is 1. The van der Waals surface area contributed by atoms with Gasteiger partial charge in [-0.05, 0) is 23.2 Å². The van der Waals surface area contributed by atoms with Crippen LogP contribution < -0.4 is 5.46 Å². The molecule has 0 saturated carbocycles. The maximum atomic E-state index is 13.9. The van der Waals surface area contributed by atoms with Crippen LogP contribution in [0.2, 0.25) is 0 Å². The quantitative estimate of drug-likeness (QED) is 0.355. The Kier molecular flexibility index (Phi) is 6.09. The normalized spacial score (nSPS) is 12.1. The number of imidazole rings is 1. The number of carbonyl (C=O) groups excluding carboxylic acids is 3. The van der Waals surface area contributed by atoms with Gasteiger partial charge in [0.25, 0.3) is 5.91 Å². The van der Waals surface area contributed by atoms with Gasteiger partial charge >= 0.3 is 7.12 Å². The Morgan fingerprint density at radius 1 is 0.703 bits per heavy atom. The molecule has 0 radical (unpaired) electrons. The zero-order valence-electron chi connectivity index (χ0n) is 19.2. The number of fused-ring (bicyclic) bond motifs is 3. The summed E-state index contributed by atoms with van der Waals surface area (Å²) in [6.07, 6.45) is 1.37. The minimum absolute atomic E-state index is 0. The van der Waals surface area contributed by atoms with Crippen LogP contribution in [0.1, 0.15) is 42.2 Å². The second-order valence-electron chi connectivity index (χ2n) is 8.49. The zero-order valence-corrected chi connectivity index (χ0v) is 20.0. The largest absolute Gasteiger partial charge is 0.489 e. The first-order valence-electron chi connectivity index (χ1n) is 11.2. The standard InChI is InChI=1S/C28H17BN2O5.ClH/c32-26-18-8-1-2-9-19(18)27(33)24-20(26)11-5-12-21(24)28(34)31-15-30-23-14-6-10-17(25(23)31)16-7-3-4-13-22(16)29(35)36;/h1-15,35-36H;1H. The van der Waals surface area contributed by atoms with E-state index < -0.39 is 13.0 Å². The lowest BCUT2D eigenvalue weighted by Gasteiger charge is -2.20. The number of carbonyl (C=O) groups is 3. The van der Waals surface area contributed by atoms with E-state index in [0.29, 0.717) is 27.7 Å². The van der Waals surface area contributed by atoms with E-state index in [9.17, 15) is 24.4 Å². The summed E-state index contributed by atoms with van der Waals surface area (Å²) in [6, 6.07) is 23.3. The number of nitrogens with zero attached hydrogens (tertiary/aromatic N) is 2. The maximum Gasteiger partial charge on any atom is 0.489 e. The second-order valence-corrected chi connectivity index (χ2v) is 8.49. The van der Waals surface area contributed by atoms with E-state index in [1.54, 1.807) is 78.9 Å². The van der Waals surface area contributed by atoms with Crippen molar-refractivity contribution in [3.05, 3.63) is 119 Å². The number of hydrogen-bond acceptors (Lipinski definition) is 6. The molecule has 1 heterocycles. The molecule has 4 aromatic carbocycles. The van der Waals surface area contributed by atoms with Crippen molar-refractivity contribution in [1.29, 1.82) is 0 Å². The highest BCUT2D eigenvalue weighted by Crippen LogP contribution is 2.32. The van der Waals surface area contributed by atoms with Crippen molar-refractivity contribution in [3.63, 3.8) is 0 Å². The predicted octanol–water partition coefficient (Wildman–Crippen LogP) is 3.27. The summed E-state index contributed by atoms with van der Waals surface area (Å²) in [5, 5.41) is 19.8. The van der Waals surface area contributed by atoms with E-state index in [0.717, 1.165) is 0 Å². The highest BCUT2D eigenvalue weighted by atomic mass is 35.5. The van der Waals surface area contributed by atoms with Gasteiger partial charge in [0, 0.05) is 27.8 Å². The van der Waals surface area contributed by atoms with Gasteiger partial charge in [-0.15, -0.1) is 12.4 Å². The van der Waals surface area contributed by atoms with Crippen LogP contribution in [0.5, 0.6) is 0 Å². The third kappa shape index (κ3) is 3.70.